The number of aryl methyl sites for hydroxylation is 3. The van der Waals surface area contributed by atoms with E-state index in [2.05, 4.69) is 171 Å². The lowest BCUT2D eigenvalue weighted by Crippen LogP contribution is -2.01. The van der Waals surface area contributed by atoms with Crippen molar-refractivity contribution in [2.24, 2.45) is 0 Å². The molecule has 112 heavy (non-hydrogen) atoms. The molecule has 0 unspecified atom stereocenters. The van der Waals surface area contributed by atoms with Gasteiger partial charge >= 0.3 is 0 Å². The smallest absolute Gasteiger partial charge is 0.229 e. The number of aliphatic hydroxyl groups excluding tert-OH is 1. The summed E-state index contributed by atoms with van der Waals surface area (Å²) in [7, 11) is 0. The van der Waals surface area contributed by atoms with Crippen LogP contribution >= 0.6 is 45.3 Å². The summed E-state index contributed by atoms with van der Waals surface area (Å²) in [5.74, 6) is 5.22. The second-order valence-electron chi connectivity index (χ2n) is 25.9. The van der Waals surface area contributed by atoms with Gasteiger partial charge in [0.2, 0.25) is 23.8 Å². The number of anilines is 16. The van der Waals surface area contributed by atoms with Crippen LogP contribution in [0, 0.1) is 32.1 Å². The predicted octanol–water partition coefficient (Wildman–Crippen LogP) is 20.6. The van der Waals surface area contributed by atoms with Crippen molar-refractivity contribution in [2.45, 2.75) is 27.2 Å². The molecule has 12 aromatic heterocycles. The van der Waals surface area contributed by atoms with E-state index in [9.17, 15) is 0 Å². The highest BCUT2D eigenvalue weighted by molar-refractivity contribution is 7.18. The molecule has 0 spiro atoms. The number of rotatable bonds is 18. The van der Waals surface area contributed by atoms with Crippen molar-refractivity contribution < 1.29 is 5.11 Å². The van der Waals surface area contributed by atoms with Crippen LogP contribution in [0.5, 0.6) is 0 Å². The number of thiophene rings is 4. The Balaban J connectivity index is 0.000000108. The van der Waals surface area contributed by atoms with Crippen LogP contribution in [0.25, 0.3) is 84.5 Å². The molecule has 12 heterocycles. The molecule has 20 rings (SSSR count). The van der Waals surface area contributed by atoms with Crippen LogP contribution in [-0.2, 0) is 6.42 Å². The lowest BCUT2D eigenvalue weighted by molar-refractivity contribution is 0.299. The molecule has 0 fully saturated rings. The highest BCUT2D eigenvalue weighted by Gasteiger charge is 2.17. The van der Waals surface area contributed by atoms with E-state index in [4.69, 9.17) is 25.3 Å². The summed E-state index contributed by atoms with van der Waals surface area (Å²) in [6.45, 7) is 6.38. The molecule has 0 aliphatic heterocycles. The average molecular weight is 1540 g/mol. The summed E-state index contributed by atoms with van der Waals surface area (Å²) < 4.78 is 4.04. The number of aromatic amines is 4. The molecule has 0 radical (unpaired) electrons. The molecule has 0 aliphatic carbocycles. The zero-order chi connectivity index (χ0) is 75.9. The number of fused-ring (bicyclic) bond motifs is 8. The Kier molecular flexibility index (Phi) is 20.1. The highest BCUT2D eigenvalue weighted by atomic mass is 32.1. The van der Waals surface area contributed by atoms with Crippen LogP contribution in [0.15, 0.2) is 234 Å². The Bertz CT molecular complexity index is 6750. The van der Waals surface area contributed by atoms with E-state index < -0.39 is 0 Å². The van der Waals surface area contributed by atoms with Gasteiger partial charge in [0.15, 0.2) is 23.3 Å². The van der Waals surface area contributed by atoms with Crippen molar-refractivity contribution in [1.82, 2.24) is 80.7 Å². The number of aromatic nitrogens is 16. The third kappa shape index (κ3) is 16.4. The van der Waals surface area contributed by atoms with Gasteiger partial charge in [0, 0.05) is 73.7 Å². The SMILES string of the molecule is Cc1cc(C)cc(Nc2nc(Nc3ccc4[nH]ncc4c3)c3sccc3n2)c1.Cc1ccc(Nc2nc(Nc3ccc4[nH]ncc4c3)c3sccc3n2)cc1.N#Cc1ccc(Nc2nc(Nc3ccc4[nH]ncc4c3)c3sccc3n2)cc1.OCCc1ccc(Nc2nc(Nc3ccc4[nH]ncc4c3)c3sccc3n2)cc1. The first-order valence-electron chi connectivity index (χ1n) is 35.2. The molecule has 0 atom stereocenters. The number of hydrogen-bond acceptors (Lipinski definition) is 26. The zero-order valence-electron chi connectivity index (χ0n) is 59.8. The Morgan fingerprint density at radius 3 is 0.946 bits per heavy atom. The van der Waals surface area contributed by atoms with E-state index in [-0.39, 0.29) is 6.61 Å². The van der Waals surface area contributed by atoms with Crippen molar-refractivity contribution in [3.63, 3.8) is 0 Å². The maximum absolute atomic E-state index is 9.06. The summed E-state index contributed by atoms with van der Waals surface area (Å²) in [6.07, 6.45) is 7.86. The van der Waals surface area contributed by atoms with Gasteiger partial charge in [-0.3, -0.25) is 20.4 Å². The number of nitriles is 1. The Labute approximate surface area is 653 Å². The first-order valence-corrected chi connectivity index (χ1v) is 38.7. The zero-order valence-corrected chi connectivity index (χ0v) is 63.1. The molecule has 0 amide bonds. The quantitative estimate of drug-likeness (QED) is 0.0379. The van der Waals surface area contributed by atoms with Gasteiger partial charge in [0.25, 0.3) is 0 Å². The molecule has 0 aliphatic rings. The summed E-state index contributed by atoms with van der Waals surface area (Å²) in [4.78, 5) is 37.3. The predicted molar refractivity (Wildman–Crippen MR) is 456 cm³/mol. The molecule has 0 saturated heterocycles. The van der Waals surface area contributed by atoms with Crippen molar-refractivity contribution in [2.75, 3.05) is 49.1 Å². The molecular weight excluding hydrogens is 1480 g/mol. The van der Waals surface area contributed by atoms with Crippen molar-refractivity contribution >= 4 is 222 Å². The van der Waals surface area contributed by atoms with E-state index in [1.165, 1.54) is 16.7 Å². The minimum Gasteiger partial charge on any atom is -0.396 e. The van der Waals surface area contributed by atoms with E-state index >= 15 is 0 Å². The van der Waals surface area contributed by atoms with E-state index in [1.54, 1.807) is 69.9 Å². The third-order valence-corrected chi connectivity index (χ3v) is 21.3. The van der Waals surface area contributed by atoms with Crippen LogP contribution in [0.4, 0.5) is 92.6 Å². The van der Waals surface area contributed by atoms with Gasteiger partial charge in [0.05, 0.1) is 99.4 Å². The Morgan fingerprint density at radius 1 is 0.321 bits per heavy atom. The number of H-pyrrole nitrogens is 4. The molecule has 8 aromatic carbocycles. The van der Waals surface area contributed by atoms with Crippen molar-refractivity contribution in [1.29, 1.82) is 5.26 Å². The lowest BCUT2D eigenvalue weighted by Gasteiger charge is -2.11. The lowest BCUT2D eigenvalue weighted by atomic mass is 10.1. The van der Waals surface area contributed by atoms with Crippen molar-refractivity contribution in [3.05, 3.63) is 262 Å². The van der Waals surface area contributed by atoms with Gasteiger partial charge < -0.3 is 47.6 Å². The minimum absolute atomic E-state index is 0.143. The van der Waals surface area contributed by atoms with Gasteiger partial charge in [-0.25, -0.2) is 19.9 Å². The first kappa shape index (κ1) is 70.6. The first-order chi connectivity index (χ1) is 54.9. The minimum atomic E-state index is 0.143. The molecule has 13 N–H and O–H groups in total. The van der Waals surface area contributed by atoms with E-state index in [0.29, 0.717) is 35.8 Å². The second kappa shape index (κ2) is 31.8. The Hall–Kier alpha value is -14.4. The second-order valence-corrected chi connectivity index (χ2v) is 29.6. The molecule has 30 heteroatoms. The molecule has 0 saturated carbocycles. The number of benzene rings is 8. The van der Waals surface area contributed by atoms with Crippen molar-refractivity contribution in [3.8, 4) is 6.07 Å². The van der Waals surface area contributed by atoms with Gasteiger partial charge in [-0.05, 0) is 223 Å². The van der Waals surface area contributed by atoms with Crippen LogP contribution in [0.2, 0.25) is 0 Å². The van der Waals surface area contributed by atoms with Gasteiger partial charge in [-0.15, -0.1) is 45.3 Å². The maximum atomic E-state index is 9.06. The number of nitrogens with zero attached hydrogens (tertiary/aromatic N) is 13. The summed E-state index contributed by atoms with van der Waals surface area (Å²) in [5, 5.41) is 85.1. The van der Waals surface area contributed by atoms with Crippen LogP contribution in [-0.4, -0.2) is 92.4 Å². The van der Waals surface area contributed by atoms with E-state index in [0.717, 1.165) is 159 Å². The molecule has 20 aromatic rings. The van der Waals surface area contributed by atoms with Crippen LogP contribution in [0.1, 0.15) is 27.8 Å². The normalized spacial score (nSPS) is 11.1. The van der Waals surface area contributed by atoms with Gasteiger partial charge in [-0.1, -0.05) is 35.9 Å². The van der Waals surface area contributed by atoms with Crippen LogP contribution in [0.3, 0.4) is 0 Å². The third-order valence-electron chi connectivity index (χ3n) is 17.7. The fraction of sp³-hybridized carbons (Fsp3) is 0.0610. The standard InChI is InChI=1S/C21H18N6OS.C21H18N6S.C20H13N7S.C20H16N6S/c28-9-7-13-1-3-15(4-2-13)24-21-25-18-8-10-29-19(18)20(26-21)23-16-5-6-17-14(11-16)12-22-27-17;1-12-7-13(2)9-16(8-12)24-21-25-18-5-6-28-19(18)20(26-21)23-15-3-4-17-14(10-15)11-22-27-17;21-10-12-1-3-14(4-2-12)24-20-25-17-7-8-28-18(17)19(26-20)23-15-5-6-16-13(9-15)11-22-27-16;1-12-2-4-14(5-3-12)23-20-24-17-8-9-27-18(17)19(25-20)22-15-6-7-16-13(10-15)11-21-26-16/h1-6,8,10-12,28H,7,9H2,(H,22,27)(H2,23,24,25,26);3-11H,1-2H3,(H,22,27)(H2,23,24,25,26);1-9,11H,(H,22,27)(H2,23,24,25,26);2-11H,1H3,(H,21,26)(H2,22,23,24,25). The molecular formula is C82H65N25OS4. The van der Waals surface area contributed by atoms with Gasteiger partial charge in [-0.2, -0.15) is 45.6 Å². The Morgan fingerprint density at radius 2 is 0.625 bits per heavy atom. The monoisotopic (exact) mass is 1540 g/mol. The average Bonchev–Trinajstić information content (AvgIpc) is 1.56. The molecule has 548 valence electrons. The maximum Gasteiger partial charge on any atom is 0.229 e. The molecule has 26 nitrogen and oxygen atoms in total. The number of aliphatic hydroxyl groups is 1. The fourth-order valence-corrected chi connectivity index (χ4v) is 15.5. The highest BCUT2D eigenvalue weighted by Crippen LogP contribution is 2.37. The van der Waals surface area contributed by atoms with Crippen LogP contribution < -0.4 is 42.5 Å². The van der Waals surface area contributed by atoms with Gasteiger partial charge in [0.1, 0.15) is 0 Å². The number of nitrogens with one attached hydrogen (secondary N) is 12. The summed E-state index contributed by atoms with van der Waals surface area (Å²) in [6, 6.07) is 63.8. The van der Waals surface area contributed by atoms with E-state index in [1.807, 2.05) is 173 Å². The summed E-state index contributed by atoms with van der Waals surface area (Å²) >= 11 is 6.44. The topological polar surface area (TPSA) is 358 Å². The summed E-state index contributed by atoms with van der Waals surface area (Å²) in [5.41, 5.74) is 20.3. The largest absolute Gasteiger partial charge is 0.396 e. The number of hydrogen-bond donors (Lipinski definition) is 13. The fourth-order valence-electron chi connectivity index (χ4n) is 12.4. The molecule has 0 bridgehead atoms.